The van der Waals surface area contributed by atoms with Crippen LogP contribution in [0.4, 0.5) is 0 Å². The fraction of sp³-hybridized carbons (Fsp3) is 0.923. The van der Waals surface area contributed by atoms with Gasteiger partial charge >= 0.3 is 5.97 Å². The lowest BCUT2D eigenvalue weighted by molar-refractivity contribution is -0.143. The summed E-state index contributed by atoms with van der Waals surface area (Å²) in [5, 5.41) is 0. The number of hydrogen-bond acceptors (Lipinski definition) is 3. The predicted molar refractivity (Wildman–Crippen MR) is 67.2 cm³/mol. The summed E-state index contributed by atoms with van der Waals surface area (Å²) in [5.74, 6) is -0.0730. The van der Waals surface area contributed by atoms with Gasteiger partial charge < -0.3 is 10.5 Å². The van der Waals surface area contributed by atoms with Gasteiger partial charge in [0.25, 0.3) is 0 Å². The van der Waals surface area contributed by atoms with Gasteiger partial charge in [-0.25, -0.2) is 0 Å². The van der Waals surface area contributed by atoms with Crippen LogP contribution in [0.3, 0.4) is 0 Å². The van der Waals surface area contributed by atoms with Crippen LogP contribution in [0, 0.1) is 0 Å². The van der Waals surface area contributed by atoms with Gasteiger partial charge in [-0.2, -0.15) is 0 Å². The number of unbranched alkanes of at least 4 members (excludes halogenated alkanes) is 4. The predicted octanol–water partition coefficient (Wildman–Crippen LogP) is 3.02. The van der Waals surface area contributed by atoms with Crippen LogP contribution in [0.15, 0.2) is 0 Å². The summed E-state index contributed by atoms with van der Waals surface area (Å²) in [6, 6.07) is 0.182. The monoisotopic (exact) mass is 229 g/mol. The molecule has 0 bridgehead atoms. The van der Waals surface area contributed by atoms with E-state index in [4.69, 9.17) is 10.5 Å². The van der Waals surface area contributed by atoms with Crippen molar-refractivity contribution < 1.29 is 9.53 Å². The number of ether oxygens (including phenoxy) is 1. The van der Waals surface area contributed by atoms with Crippen molar-refractivity contribution in [3.05, 3.63) is 0 Å². The van der Waals surface area contributed by atoms with Crippen molar-refractivity contribution in [2.75, 3.05) is 6.61 Å². The van der Waals surface area contributed by atoms with Gasteiger partial charge in [-0.15, -0.1) is 0 Å². The number of esters is 1. The lowest BCUT2D eigenvalue weighted by atomic mass is 10.1. The SMILES string of the molecule is CCCCCCCOC(=O)CCCC(C)N. The molecule has 0 fully saturated rings. The Morgan fingerprint density at radius 3 is 2.50 bits per heavy atom. The highest BCUT2D eigenvalue weighted by Crippen LogP contribution is 2.04. The molecular weight excluding hydrogens is 202 g/mol. The minimum atomic E-state index is -0.0730. The highest BCUT2D eigenvalue weighted by atomic mass is 16.5. The normalized spacial score (nSPS) is 12.4. The maximum absolute atomic E-state index is 11.3. The smallest absolute Gasteiger partial charge is 0.305 e. The van der Waals surface area contributed by atoms with Crippen molar-refractivity contribution in [1.82, 2.24) is 0 Å². The Hall–Kier alpha value is -0.570. The maximum atomic E-state index is 11.3. The number of hydrogen-bond donors (Lipinski definition) is 1. The Labute approximate surface area is 99.7 Å². The average Bonchev–Trinajstić information content (AvgIpc) is 2.22. The molecule has 0 aliphatic heterocycles. The first-order valence-electron chi connectivity index (χ1n) is 6.58. The van der Waals surface area contributed by atoms with Crippen LogP contribution in [0.2, 0.25) is 0 Å². The van der Waals surface area contributed by atoms with Crippen molar-refractivity contribution in [2.45, 2.75) is 71.3 Å². The van der Waals surface area contributed by atoms with E-state index in [2.05, 4.69) is 6.92 Å². The van der Waals surface area contributed by atoms with E-state index >= 15 is 0 Å². The molecule has 0 aromatic heterocycles. The number of nitrogens with two attached hydrogens (primary N) is 1. The summed E-state index contributed by atoms with van der Waals surface area (Å²) < 4.78 is 5.12. The first-order valence-corrected chi connectivity index (χ1v) is 6.58. The van der Waals surface area contributed by atoms with Crippen molar-refractivity contribution in [3.8, 4) is 0 Å². The van der Waals surface area contributed by atoms with Gasteiger partial charge in [0.1, 0.15) is 0 Å². The molecule has 0 saturated carbocycles. The fourth-order valence-electron chi connectivity index (χ4n) is 1.53. The van der Waals surface area contributed by atoms with Crippen LogP contribution in [0.5, 0.6) is 0 Å². The summed E-state index contributed by atoms with van der Waals surface area (Å²) in [6.07, 6.45) is 8.19. The standard InChI is InChI=1S/C13H27NO2/c1-3-4-5-6-7-11-16-13(15)10-8-9-12(2)14/h12H,3-11,14H2,1-2H3. The minimum Gasteiger partial charge on any atom is -0.466 e. The second-order valence-corrected chi connectivity index (χ2v) is 4.50. The molecule has 2 N–H and O–H groups in total. The Bertz CT molecular complexity index is 169. The number of carbonyl (C=O) groups is 1. The van der Waals surface area contributed by atoms with Gasteiger partial charge in [-0.1, -0.05) is 32.6 Å². The Kier molecular flexibility index (Phi) is 10.5. The third-order valence-electron chi connectivity index (χ3n) is 2.55. The van der Waals surface area contributed by atoms with E-state index < -0.39 is 0 Å². The largest absolute Gasteiger partial charge is 0.466 e. The third kappa shape index (κ3) is 11.5. The van der Waals surface area contributed by atoms with E-state index in [0.717, 1.165) is 19.3 Å². The summed E-state index contributed by atoms with van der Waals surface area (Å²) in [4.78, 5) is 11.3. The van der Waals surface area contributed by atoms with Gasteiger partial charge in [0, 0.05) is 12.5 Å². The molecular formula is C13H27NO2. The van der Waals surface area contributed by atoms with Gasteiger partial charge in [0.2, 0.25) is 0 Å². The van der Waals surface area contributed by atoms with E-state index in [-0.39, 0.29) is 12.0 Å². The maximum Gasteiger partial charge on any atom is 0.305 e. The zero-order chi connectivity index (χ0) is 12.2. The topological polar surface area (TPSA) is 52.3 Å². The third-order valence-corrected chi connectivity index (χ3v) is 2.55. The Balaban J connectivity index is 3.17. The number of rotatable bonds is 10. The molecule has 0 aliphatic rings. The molecule has 1 unspecified atom stereocenters. The van der Waals surface area contributed by atoms with E-state index in [1.54, 1.807) is 0 Å². The molecule has 16 heavy (non-hydrogen) atoms. The molecule has 0 aromatic rings. The molecule has 0 rings (SSSR count). The second-order valence-electron chi connectivity index (χ2n) is 4.50. The lowest BCUT2D eigenvalue weighted by Crippen LogP contribution is -2.15. The molecule has 0 saturated heterocycles. The molecule has 3 heteroatoms. The average molecular weight is 229 g/mol. The number of carbonyl (C=O) groups excluding carboxylic acids is 1. The van der Waals surface area contributed by atoms with Crippen molar-refractivity contribution in [3.63, 3.8) is 0 Å². The van der Waals surface area contributed by atoms with Crippen molar-refractivity contribution in [2.24, 2.45) is 5.73 Å². The summed E-state index contributed by atoms with van der Waals surface area (Å²) in [7, 11) is 0. The van der Waals surface area contributed by atoms with E-state index in [1.165, 1.54) is 25.7 Å². The first kappa shape index (κ1) is 15.4. The van der Waals surface area contributed by atoms with Gasteiger partial charge in [0.05, 0.1) is 6.61 Å². The van der Waals surface area contributed by atoms with Crippen LogP contribution in [0.25, 0.3) is 0 Å². The molecule has 3 nitrogen and oxygen atoms in total. The van der Waals surface area contributed by atoms with Crippen molar-refractivity contribution >= 4 is 5.97 Å². The highest BCUT2D eigenvalue weighted by molar-refractivity contribution is 5.69. The lowest BCUT2D eigenvalue weighted by Gasteiger charge is -2.06. The second kappa shape index (κ2) is 10.9. The van der Waals surface area contributed by atoms with Crippen molar-refractivity contribution in [1.29, 1.82) is 0 Å². The molecule has 0 spiro atoms. The molecule has 0 aromatic carbocycles. The van der Waals surface area contributed by atoms with Gasteiger partial charge in [-0.3, -0.25) is 4.79 Å². The summed E-state index contributed by atoms with van der Waals surface area (Å²) >= 11 is 0. The molecule has 0 heterocycles. The Morgan fingerprint density at radius 2 is 1.88 bits per heavy atom. The van der Waals surface area contributed by atoms with Gasteiger partial charge in [-0.05, 0) is 26.2 Å². The van der Waals surface area contributed by atoms with Gasteiger partial charge in [0.15, 0.2) is 0 Å². The van der Waals surface area contributed by atoms with Crippen LogP contribution >= 0.6 is 0 Å². The highest BCUT2D eigenvalue weighted by Gasteiger charge is 2.03. The van der Waals surface area contributed by atoms with E-state index in [9.17, 15) is 4.79 Å². The molecule has 1 atom stereocenters. The summed E-state index contributed by atoms with van der Waals surface area (Å²) in [5.41, 5.74) is 5.59. The van der Waals surface area contributed by atoms with E-state index in [1.807, 2.05) is 6.92 Å². The molecule has 0 amide bonds. The quantitative estimate of drug-likeness (QED) is 0.463. The van der Waals surface area contributed by atoms with Crippen LogP contribution in [-0.2, 0) is 9.53 Å². The molecule has 0 aliphatic carbocycles. The summed E-state index contributed by atoms with van der Waals surface area (Å²) in [6.45, 7) is 4.73. The molecule has 96 valence electrons. The first-order chi connectivity index (χ1) is 7.66. The zero-order valence-corrected chi connectivity index (χ0v) is 10.8. The van der Waals surface area contributed by atoms with E-state index in [0.29, 0.717) is 13.0 Å². The molecule has 0 radical (unpaired) electrons. The Morgan fingerprint density at radius 1 is 1.19 bits per heavy atom. The zero-order valence-electron chi connectivity index (χ0n) is 10.8. The fourth-order valence-corrected chi connectivity index (χ4v) is 1.53. The van der Waals surface area contributed by atoms with Crippen LogP contribution in [0.1, 0.15) is 65.2 Å². The van der Waals surface area contributed by atoms with Crippen LogP contribution < -0.4 is 5.73 Å². The van der Waals surface area contributed by atoms with Crippen LogP contribution in [-0.4, -0.2) is 18.6 Å². The minimum absolute atomic E-state index is 0.0730.